The van der Waals surface area contributed by atoms with Crippen LogP contribution in [0.4, 0.5) is 0 Å². The third-order valence-corrected chi connectivity index (χ3v) is 3.85. The predicted molar refractivity (Wildman–Crippen MR) is 74.2 cm³/mol. The fourth-order valence-electron chi connectivity index (χ4n) is 2.88. The first kappa shape index (κ1) is 10.6. The van der Waals surface area contributed by atoms with Gasteiger partial charge in [-0.1, -0.05) is 18.2 Å². The van der Waals surface area contributed by atoms with Gasteiger partial charge >= 0.3 is 0 Å². The third-order valence-electron chi connectivity index (χ3n) is 3.85. The fourth-order valence-corrected chi connectivity index (χ4v) is 2.88. The predicted octanol–water partition coefficient (Wildman–Crippen LogP) is 1.59. The van der Waals surface area contributed by atoms with Crippen LogP contribution in [0, 0.1) is 0 Å². The summed E-state index contributed by atoms with van der Waals surface area (Å²) in [4.78, 5) is 11.5. The number of ketones is 1. The van der Waals surface area contributed by atoms with E-state index in [0.29, 0.717) is 6.42 Å². The first-order chi connectivity index (χ1) is 9.31. The number of fused-ring (bicyclic) bond motifs is 4. The zero-order valence-corrected chi connectivity index (χ0v) is 10.3. The molecule has 3 aliphatic rings. The molecule has 19 heavy (non-hydrogen) atoms. The summed E-state index contributed by atoms with van der Waals surface area (Å²) in [7, 11) is 0. The molecule has 0 atom stereocenters. The molecule has 0 N–H and O–H groups in total. The summed E-state index contributed by atoms with van der Waals surface area (Å²) in [6.45, 7) is 0. The number of allylic oxidation sites excluding steroid dienone is 4. The Labute approximate surface area is 110 Å². The van der Waals surface area contributed by atoms with Crippen LogP contribution < -0.4 is 10.4 Å². The van der Waals surface area contributed by atoms with Crippen LogP contribution in [-0.4, -0.2) is 5.78 Å². The van der Waals surface area contributed by atoms with E-state index in [1.54, 1.807) is 18.6 Å². The summed E-state index contributed by atoms with van der Waals surface area (Å²) >= 11 is 0. The summed E-state index contributed by atoms with van der Waals surface area (Å²) in [6.07, 6.45) is 12.9. The van der Waals surface area contributed by atoms with Crippen molar-refractivity contribution in [3.05, 3.63) is 63.3 Å². The third kappa shape index (κ3) is 1.60. The average Bonchev–Trinajstić information content (AvgIpc) is 2.45. The van der Waals surface area contributed by atoms with Gasteiger partial charge in [0.15, 0.2) is 5.78 Å². The summed E-state index contributed by atoms with van der Waals surface area (Å²) in [5.41, 5.74) is 4.90. The van der Waals surface area contributed by atoms with E-state index in [2.05, 4.69) is 24.3 Å². The van der Waals surface area contributed by atoms with Gasteiger partial charge < -0.3 is 4.74 Å². The minimum absolute atomic E-state index is 0.193. The van der Waals surface area contributed by atoms with Crippen molar-refractivity contribution in [3.8, 4) is 0 Å². The molecule has 1 aromatic rings. The Balaban J connectivity index is 2.02. The molecule has 0 fully saturated rings. The number of hydrogen-bond donors (Lipinski definition) is 0. The Morgan fingerprint density at radius 2 is 2.00 bits per heavy atom. The van der Waals surface area contributed by atoms with E-state index >= 15 is 0 Å². The quantitative estimate of drug-likeness (QED) is 0.697. The summed E-state index contributed by atoms with van der Waals surface area (Å²) < 4.78 is 5.22. The number of benzene rings is 1. The SMILES string of the molecule is O=C1C=C2C=c3ccc4c(c3CC2=CC1)C=COC=4. The molecule has 2 aliphatic carbocycles. The minimum atomic E-state index is 0.193. The molecule has 0 unspecified atom stereocenters. The first-order valence-corrected chi connectivity index (χ1v) is 6.41. The van der Waals surface area contributed by atoms with Gasteiger partial charge in [-0.3, -0.25) is 4.79 Å². The van der Waals surface area contributed by atoms with E-state index in [4.69, 9.17) is 4.74 Å². The van der Waals surface area contributed by atoms with E-state index in [1.165, 1.54) is 21.9 Å². The van der Waals surface area contributed by atoms with Crippen molar-refractivity contribution in [1.82, 2.24) is 0 Å². The van der Waals surface area contributed by atoms with Crippen molar-refractivity contribution in [2.45, 2.75) is 12.8 Å². The summed E-state index contributed by atoms with van der Waals surface area (Å²) in [5, 5.41) is 2.33. The molecule has 1 aromatic carbocycles. The van der Waals surface area contributed by atoms with Crippen LogP contribution in [0.1, 0.15) is 17.5 Å². The van der Waals surface area contributed by atoms with Gasteiger partial charge in [-0.15, -0.1) is 0 Å². The number of carbonyl (C=O) groups excluding carboxylic acids is 1. The Hall–Kier alpha value is -2.35. The van der Waals surface area contributed by atoms with Crippen LogP contribution in [0.15, 0.2) is 41.7 Å². The maximum atomic E-state index is 11.5. The zero-order chi connectivity index (χ0) is 12.8. The normalized spacial score (nSPS) is 18.8. The monoisotopic (exact) mass is 248 g/mol. The topological polar surface area (TPSA) is 26.3 Å². The van der Waals surface area contributed by atoms with Crippen LogP contribution in [0.2, 0.25) is 0 Å². The molecule has 2 heteroatoms. The molecule has 2 nitrogen and oxygen atoms in total. The highest BCUT2D eigenvalue weighted by atomic mass is 16.5. The Morgan fingerprint density at radius 3 is 2.95 bits per heavy atom. The van der Waals surface area contributed by atoms with Gasteiger partial charge in [-0.25, -0.2) is 0 Å². The Morgan fingerprint density at radius 1 is 1.11 bits per heavy atom. The van der Waals surface area contributed by atoms with E-state index < -0.39 is 0 Å². The standard InChI is InChI=1S/C17H12O2/c18-15-4-3-11-9-17-12(7-14(11)8-15)1-2-13-10-19-6-5-16(13)17/h1-3,5-8,10H,4,9H2. The van der Waals surface area contributed by atoms with E-state index in [1.807, 2.05) is 6.08 Å². The van der Waals surface area contributed by atoms with Crippen LogP contribution in [0.3, 0.4) is 0 Å². The van der Waals surface area contributed by atoms with Crippen LogP contribution in [0.5, 0.6) is 0 Å². The van der Waals surface area contributed by atoms with Gasteiger partial charge in [0.1, 0.15) is 0 Å². The van der Waals surface area contributed by atoms with Crippen molar-refractivity contribution in [1.29, 1.82) is 0 Å². The first-order valence-electron chi connectivity index (χ1n) is 6.41. The number of carbonyl (C=O) groups is 1. The average molecular weight is 248 g/mol. The van der Waals surface area contributed by atoms with Gasteiger partial charge in [0.25, 0.3) is 0 Å². The maximum Gasteiger partial charge on any atom is 0.160 e. The molecular formula is C17H12O2. The number of rotatable bonds is 0. The lowest BCUT2D eigenvalue weighted by Gasteiger charge is -2.21. The highest BCUT2D eigenvalue weighted by Gasteiger charge is 2.18. The second-order valence-corrected chi connectivity index (χ2v) is 5.01. The Bertz CT molecular complexity index is 804. The van der Waals surface area contributed by atoms with Gasteiger partial charge in [0.2, 0.25) is 0 Å². The molecule has 4 rings (SSSR count). The molecule has 0 bridgehead atoms. The molecule has 0 saturated carbocycles. The second-order valence-electron chi connectivity index (χ2n) is 5.01. The lowest BCUT2D eigenvalue weighted by atomic mass is 9.84. The zero-order valence-electron chi connectivity index (χ0n) is 10.3. The molecule has 0 aromatic heterocycles. The second kappa shape index (κ2) is 3.82. The largest absolute Gasteiger partial charge is 0.472 e. The fraction of sp³-hybridized carbons (Fsp3) is 0.118. The molecule has 0 radical (unpaired) electrons. The van der Waals surface area contributed by atoms with Crippen LogP contribution in [0.25, 0.3) is 18.4 Å². The molecule has 1 aliphatic heterocycles. The van der Waals surface area contributed by atoms with Crippen molar-refractivity contribution in [3.63, 3.8) is 0 Å². The van der Waals surface area contributed by atoms with Crippen molar-refractivity contribution >= 4 is 24.2 Å². The smallest absolute Gasteiger partial charge is 0.160 e. The van der Waals surface area contributed by atoms with Gasteiger partial charge in [0, 0.05) is 11.6 Å². The maximum absolute atomic E-state index is 11.5. The lowest BCUT2D eigenvalue weighted by Crippen LogP contribution is -2.25. The van der Waals surface area contributed by atoms with E-state index in [-0.39, 0.29) is 5.78 Å². The highest BCUT2D eigenvalue weighted by Crippen LogP contribution is 2.26. The van der Waals surface area contributed by atoms with Gasteiger partial charge in [-0.2, -0.15) is 0 Å². The number of ether oxygens (including phenoxy) is 1. The van der Waals surface area contributed by atoms with E-state index in [0.717, 1.165) is 17.2 Å². The minimum Gasteiger partial charge on any atom is -0.472 e. The molecule has 1 heterocycles. The van der Waals surface area contributed by atoms with Gasteiger partial charge in [0.05, 0.1) is 12.5 Å². The number of hydrogen-bond acceptors (Lipinski definition) is 2. The van der Waals surface area contributed by atoms with Crippen LogP contribution >= 0.6 is 0 Å². The van der Waals surface area contributed by atoms with Crippen molar-refractivity contribution in [2.24, 2.45) is 0 Å². The summed E-state index contributed by atoms with van der Waals surface area (Å²) in [5.74, 6) is 0.193. The van der Waals surface area contributed by atoms with Crippen LogP contribution in [-0.2, 0) is 16.0 Å². The van der Waals surface area contributed by atoms with Crippen molar-refractivity contribution < 1.29 is 9.53 Å². The van der Waals surface area contributed by atoms with E-state index in [9.17, 15) is 4.79 Å². The Kier molecular flexibility index (Phi) is 2.12. The summed E-state index contributed by atoms with van der Waals surface area (Å²) in [6, 6.07) is 4.16. The highest BCUT2D eigenvalue weighted by molar-refractivity contribution is 5.96. The van der Waals surface area contributed by atoms with Gasteiger partial charge in [-0.05, 0) is 52.1 Å². The molecule has 0 spiro atoms. The molecule has 0 saturated heterocycles. The molecule has 92 valence electrons. The molecule has 0 amide bonds. The molecular weight excluding hydrogens is 236 g/mol. The van der Waals surface area contributed by atoms with Crippen molar-refractivity contribution in [2.75, 3.05) is 0 Å². The lowest BCUT2D eigenvalue weighted by molar-refractivity contribution is -0.113.